The minimum atomic E-state index is -3.70. The number of halogens is 1. The van der Waals surface area contributed by atoms with Crippen LogP contribution in [0.4, 0.5) is 0 Å². The molecule has 3 aromatic rings. The number of sulfonamides is 1. The molecule has 1 amide bonds. The molecule has 7 nitrogen and oxygen atoms in total. The number of carbonyl (C=O) groups is 1. The van der Waals surface area contributed by atoms with Crippen LogP contribution in [0.15, 0.2) is 53.4 Å². The number of hydrogen-bond donors (Lipinski definition) is 2. The zero-order valence-electron chi connectivity index (χ0n) is 16.3. The number of benzene rings is 2. The molecule has 0 radical (unpaired) electrons. The van der Waals surface area contributed by atoms with Crippen molar-refractivity contribution in [2.45, 2.75) is 30.1 Å². The van der Waals surface area contributed by atoms with Crippen LogP contribution in [0.3, 0.4) is 0 Å². The third-order valence-corrected chi connectivity index (χ3v) is 7.00. The van der Waals surface area contributed by atoms with Gasteiger partial charge in [0, 0.05) is 37.0 Å². The number of likely N-dealkylation sites (tertiary alicyclic amines) is 1. The number of aromatic nitrogens is 2. The predicted octanol–water partition coefficient (Wildman–Crippen LogP) is 3.29. The van der Waals surface area contributed by atoms with Gasteiger partial charge in [-0.1, -0.05) is 29.8 Å². The molecule has 1 aliphatic heterocycles. The van der Waals surface area contributed by atoms with Crippen LogP contribution in [0.5, 0.6) is 0 Å². The summed E-state index contributed by atoms with van der Waals surface area (Å²) in [5, 5.41) is 0.346. The van der Waals surface area contributed by atoms with E-state index in [4.69, 9.17) is 11.6 Å². The normalized spacial score (nSPS) is 17.4. The molecule has 0 bridgehead atoms. The van der Waals surface area contributed by atoms with Gasteiger partial charge in [0.1, 0.15) is 5.82 Å². The molecule has 2 heterocycles. The number of hydrogen-bond acceptors (Lipinski definition) is 4. The smallest absolute Gasteiger partial charge is 0.240 e. The fourth-order valence-corrected chi connectivity index (χ4v) is 5.09. The van der Waals surface area contributed by atoms with E-state index in [0.29, 0.717) is 18.1 Å². The van der Waals surface area contributed by atoms with Crippen molar-refractivity contribution in [2.24, 2.45) is 0 Å². The lowest BCUT2D eigenvalue weighted by atomic mass is 9.97. The minimum absolute atomic E-state index is 0.0412. The van der Waals surface area contributed by atoms with Gasteiger partial charge in [-0.3, -0.25) is 4.79 Å². The average Bonchev–Trinajstić information content (AvgIpc) is 3.18. The molecule has 2 aromatic carbocycles. The van der Waals surface area contributed by atoms with E-state index in [1.54, 1.807) is 17.0 Å². The number of nitrogens with one attached hydrogen (secondary N) is 2. The molecule has 1 atom stereocenters. The molecule has 0 spiro atoms. The van der Waals surface area contributed by atoms with Crippen molar-refractivity contribution in [1.29, 1.82) is 0 Å². The van der Waals surface area contributed by atoms with Crippen LogP contribution in [-0.2, 0) is 14.8 Å². The van der Waals surface area contributed by atoms with Crippen LogP contribution in [0.25, 0.3) is 11.0 Å². The second kappa shape index (κ2) is 8.75. The van der Waals surface area contributed by atoms with Crippen LogP contribution < -0.4 is 4.72 Å². The molecule has 1 saturated heterocycles. The first kappa shape index (κ1) is 20.8. The third kappa shape index (κ3) is 4.66. The summed E-state index contributed by atoms with van der Waals surface area (Å²) < 4.78 is 27.2. The molecule has 1 aliphatic rings. The molecule has 2 N–H and O–H groups in total. The van der Waals surface area contributed by atoms with Crippen molar-refractivity contribution >= 4 is 38.6 Å². The van der Waals surface area contributed by atoms with Gasteiger partial charge >= 0.3 is 0 Å². The van der Waals surface area contributed by atoms with Crippen LogP contribution >= 0.6 is 11.6 Å². The summed E-state index contributed by atoms with van der Waals surface area (Å²) >= 11 is 5.87. The van der Waals surface area contributed by atoms with Crippen LogP contribution in [-0.4, -0.2) is 48.8 Å². The Morgan fingerprint density at radius 3 is 2.87 bits per heavy atom. The van der Waals surface area contributed by atoms with Gasteiger partial charge < -0.3 is 9.88 Å². The number of amides is 1. The number of carbonyl (C=O) groups excluding carboxylic acids is 1. The highest BCUT2D eigenvalue weighted by Crippen LogP contribution is 2.27. The number of H-pyrrole nitrogens is 1. The molecule has 9 heteroatoms. The summed E-state index contributed by atoms with van der Waals surface area (Å²) in [4.78, 5) is 22.6. The van der Waals surface area contributed by atoms with Gasteiger partial charge in [-0.05, 0) is 43.2 Å². The van der Waals surface area contributed by atoms with E-state index in [1.807, 2.05) is 24.3 Å². The summed E-state index contributed by atoms with van der Waals surface area (Å²) in [6, 6.07) is 13.9. The van der Waals surface area contributed by atoms with E-state index in [2.05, 4.69) is 14.7 Å². The molecule has 158 valence electrons. The lowest BCUT2D eigenvalue weighted by Crippen LogP contribution is -2.40. The number of piperidine rings is 1. The molecule has 1 aromatic heterocycles. The highest BCUT2D eigenvalue weighted by molar-refractivity contribution is 7.89. The first-order valence-corrected chi connectivity index (χ1v) is 11.8. The maximum atomic E-state index is 12.7. The quantitative estimate of drug-likeness (QED) is 0.607. The zero-order valence-corrected chi connectivity index (χ0v) is 17.9. The van der Waals surface area contributed by atoms with Crippen LogP contribution in [0, 0.1) is 0 Å². The van der Waals surface area contributed by atoms with Gasteiger partial charge in [0.2, 0.25) is 15.9 Å². The van der Waals surface area contributed by atoms with Crippen LogP contribution in [0.2, 0.25) is 5.02 Å². The Morgan fingerprint density at radius 2 is 2.07 bits per heavy atom. The number of fused-ring (bicyclic) bond motifs is 1. The monoisotopic (exact) mass is 446 g/mol. The van der Waals surface area contributed by atoms with Crippen molar-refractivity contribution < 1.29 is 13.2 Å². The molecule has 4 rings (SSSR count). The standard InChI is InChI=1S/C21H23ClN4O3S/c22-16-6-3-7-17(13-16)30(28,29)23-11-10-20(27)26-12-4-5-15(14-26)21-24-18-8-1-2-9-19(18)25-21/h1-3,6-9,13,15,23H,4-5,10-12,14H2,(H,24,25). The van der Waals surface area contributed by atoms with E-state index >= 15 is 0 Å². The largest absolute Gasteiger partial charge is 0.342 e. The third-order valence-electron chi connectivity index (χ3n) is 5.31. The molecule has 1 fully saturated rings. The fraction of sp³-hybridized carbons (Fsp3) is 0.333. The molecule has 30 heavy (non-hydrogen) atoms. The Kier molecular flexibility index (Phi) is 6.08. The van der Waals surface area contributed by atoms with Gasteiger partial charge in [0.15, 0.2) is 0 Å². The first-order valence-electron chi connectivity index (χ1n) is 9.90. The fourth-order valence-electron chi connectivity index (χ4n) is 3.76. The van der Waals surface area contributed by atoms with Crippen molar-refractivity contribution in [3.05, 3.63) is 59.4 Å². The molecule has 1 unspecified atom stereocenters. The Bertz CT molecular complexity index is 1130. The van der Waals surface area contributed by atoms with Crippen molar-refractivity contribution in [2.75, 3.05) is 19.6 Å². The highest BCUT2D eigenvalue weighted by Gasteiger charge is 2.27. The second-order valence-electron chi connectivity index (χ2n) is 7.42. The van der Waals surface area contributed by atoms with Gasteiger partial charge in [-0.15, -0.1) is 0 Å². The van der Waals surface area contributed by atoms with E-state index < -0.39 is 10.0 Å². The van der Waals surface area contributed by atoms with Gasteiger partial charge in [0.25, 0.3) is 0 Å². The highest BCUT2D eigenvalue weighted by atomic mass is 35.5. The predicted molar refractivity (Wildman–Crippen MR) is 116 cm³/mol. The number of aromatic amines is 1. The van der Waals surface area contributed by atoms with E-state index in [0.717, 1.165) is 29.7 Å². The Morgan fingerprint density at radius 1 is 1.23 bits per heavy atom. The maximum Gasteiger partial charge on any atom is 0.240 e. The number of rotatable bonds is 6. The Labute approximate surface area is 180 Å². The lowest BCUT2D eigenvalue weighted by Gasteiger charge is -2.32. The number of para-hydroxylation sites is 2. The van der Waals surface area contributed by atoms with Gasteiger partial charge in [-0.2, -0.15) is 0 Å². The number of nitrogens with zero attached hydrogens (tertiary/aromatic N) is 2. The maximum absolute atomic E-state index is 12.7. The van der Waals surface area contributed by atoms with E-state index in [9.17, 15) is 13.2 Å². The van der Waals surface area contributed by atoms with Gasteiger partial charge in [-0.25, -0.2) is 18.1 Å². The summed E-state index contributed by atoms with van der Waals surface area (Å²) in [6.07, 6.45) is 1.96. The summed E-state index contributed by atoms with van der Waals surface area (Å²) in [5.41, 5.74) is 1.91. The average molecular weight is 447 g/mol. The second-order valence-corrected chi connectivity index (χ2v) is 9.63. The summed E-state index contributed by atoms with van der Waals surface area (Å²) in [5.74, 6) is 0.984. The van der Waals surface area contributed by atoms with Crippen LogP contribution in [0.1, 0.15) is 31.0 Å². The molecule has 0 saturated carbocycles. The van der Waals surface area contributed by atoms with Gasteiger partial charge in [0.05, 0.1) is 15.9 Å². The topological polar surface area (TPSA) is 95.2 Å². The minimum Gasteiger partial charge on any atom is -0.342 e. The lowest BCUT2D eigenvalue weighted by molar-refractivity contribution is -0.132. The number of imidazole rings is 1. The molecule has 0 aliphatic carbocycles. The van der Waals surface area contributed by atoms with E-state index in [-0.39, 0.29) is 29.7 Å². The zero-order chi connectivity index (χ0) is 21.1. The summed E-state index contributed by atoms with van der Waals surface area (Å²) in [7, 11) is -3.70. The van der Waals surface area contributed by atoms with E-state index in [1.165, 1.54) is 12.1 Å². The molecular weight excluding hydrogens is 424 g/mol. The molecular formula is C21H23ClN4O3S. The first-order chi connectivity index (χ1) is 14.4. The van der Waals surface area contributed by atoms with Crippen molar-refractivity contribution in [3.8, 4) is 0 Å². The van der Waals surface area contributed by atoms with Crippen molar-refractivity contribution in [1.82, 2.24) is 19.6 Å². The Hall–Kier alpha value is -2.42. The summed E-state index contributed by atoms with van der Waals surface area (Å²) in [6.45, 7) is 1.30. The Balaban J connectivity index is 1.34. The SMILES string of the molecule is O=C(CCNS(=O)(=O)c1cccc(Cl)c1)N1CCCC(c2nc3ccccc3[nH]2)C1. The van der Waals surface area contributed by atoms with Crippen molar-refractivity contribution in [3.63, 3.8) is 0 Å².